The molecule has 1 spiro atoms. The molecule has 2 aliphatic rings. The van der Waals surface area contributed by atoms with E-state index < -0.39 is 0 Å². The number of amides is 1. The fourth-order valence-corrected chi connectivity index (χ4v) is 4.06. The molecule has 2 atom stereocenters. The molecule has 1 heterocycles. The van der Waals surface area contributed by atoms with Crippen molar-refractivity contribution in [1.82, 2.24) is 15.3 Å². The molecule has 2 aliphatic carbocycles. The van der Waals surface area contributed by atoms with Crippen molar-refractivity contribution in [2.45, 2.75) is 44.8 Å². The van der Waals surface area contributed by atoms with E-state index in [4.69, 9.17) is 4.74 Å². The van der Waals surface area contributed by atoms with Crippen molar-refractivity contribution in [3.05, 3.63) is 40.4 Å². The van der Waals surface area contributed by atoms with Crippen molar-refractivity contribution in [3.8, 4) is 0 Å². The Bertz CT molecular complexity index is 841. The lowest BCUT2D eigenvalue weighted by Gasteiger charge is -2.60. The summed E-state index contributed by atoms with van der Waals surface area (Å²) in [5.41, 5.74) is 0.332. The molecule has 24 heavy (non-hydrogen) atoms. The Morgan fingerprint density at radius 2 is 2.21 bits per heavy atom. The predicted molar refractivity (Wildman–Crippen MR) is 89.9 cm³/mol. The molecule has 1 amide bonds. The highest BCUT2D eigenvalue weighted by Crippen LogP contribution is 2.57. The normalized spacial score (nSPS) is 24.4. The number of carbonyl (C=O) groups excluding carboxylic acids is 1. The summed E-state index contributed by atoms with van der Waals surface area (Å²) < 4.78 is 5.81. The van der Waals surface area contributed by atoms with E-state index >= 15 is 0 Å². The van der Waals surface area contributed by atoms with Gasteiger partial charge in [-0.2, -0.15) is 0 Å². The van der Waals surface area contributed by atoms with Crippen molar-refractivity contribution in [1.29, 1.82) is 0 Å². The summed E-state index contributed by atoms with van der Waals surface area (Å²) >= 11 is 0. The lowest BCUT2D eigenvalue weighted by molar-refractivity contribution is -0.169. The molecule has 6 heteroatoms. The van der Waals surface area contributed by atoms with Gasteiger partial charge in [0.2, 0.25) is 0 Å². The minimum absolute atomic E-state index is 0.0769. The Labute approximate surface area is 139 Å². The smallest absolute Gasteiger partial charge is 0.287 e. The maximum Gasteiger partial charge on any atom is 0.287 e. The van der Waals surface area contributed by atoms with Crippen LogP contribution in [0.4, 0.5) is 0 Å². The van der Waals surface area contributed by atoms with Gasteiger partial charge in [0.15, 0.2) is 5.82 Å². The van der Waals surface area contributed by atoms with Gasteiger partial charge in [0, 0.05) is 18.1 Å². The van der Waals surface area contributed by atoms with Crippen LogP contribution in [0.25, 0.3) is 10.9 Å². The number of carbonyl (C=O) groups is 1. The van der Waals surface area contributed by atoms with Crippen molar-refractivity contribution in [2.24, 2.45) is 5.41 Å². The second-order valence-corrected chi connectivity index (χ2v) is 6.72. The highest BCUT2D eigenvalue weighted by Gasteiger charge is 2.59. The molecular formula is C18H21N3O3. The van der Waals surface area contributed by atoms with Gasteiger partial charge in [0.05, 0.1) is 17.0 Å². The third kappa shape index (κ3) is 2.24. The number of ether oxygens (including phenoxy) is 1. The third-order valence-electron chi connectivity index (χ3n) is 5.57. The molecule has 0 radical (unpaired) electrons. The standard InChI is InChI=1S/C18H21N3O3/c1-2-24-14-10-13(18(14)8-5-9-18)20-17(23)15-19-12-7-4-3-6-11(12)16(22)21-15/h3-4,6-7,13-14H,2,5,8-10H2,1H3,(H,20,23)(H,19,21,22)/t13-,14-/m0/s1. The molecule has 0 bridgehead atoms. The molecule has 2 fully saturated rings. The summed E-state index contributed by atoms with van der Waals surface area (Å²) in [5.74, 6) is -0.239. The van der Waals surface area contributed by atoms with Gasteiger partial charge < -0.3 is 15.0 Å². The van der Waals surface area contributed by atoms with Gasteiger partial charge in [-0.15, -0.1) is 0 Å². The SMILES string of the molecule is CCO[C@H]1C[C@H](NC(=O)c2nc3ccccc3c(=O)[nH]2)C12CCC2. The zero-order valence-electron chi connectivity index (χ0n) is 13.7. The fourth-order valence-electron chi connectivity index (χ4n) is 4.06. The maximum atomic E-state index is 12.6. The molecule has 0 unspecified atom stereocenters. The number of benzene rings is 1. The van der Waals surface area contributed by atoms with Crippen LogP contribution in [0, 0.1) is 5.41 Å². The van der Waals surface area contributed by atoms with E-state index in [1.54, 1.807) is 24.3 Å². The zero-order valence-corrected chi connectivity index (χ0v) is 13.7. The van der Waals surface area contributed by atoms with Gasteiger partial charge in [-0.1, -0.05) is 18.6 Å². The van der Waals surface area contributed by atoms with Gasteiger partial charge >= 0.3 is 0 Å². The molecule has 1 aromatic carbocycles. The Morgan fingerprint density at radius 1 is 1.42 bits per heavy atom. The Balaban J connectivity index is 1.54. The van der Waals surface area contributed by atoms with Gasteiger partial charge in [0.1, 0.15) is 0 Å². The second-order valence-electron chi connectivity index (χ2n) is 6.72. The van der Waals surface area contributed by atoms with Crippen LogP contribution >= 0.6 is 0 Å². The van der Waals surface area contributed by atoms with Crippen LogP contribution in [-0.4, -0.2) is 34.6 Å². The summed E-state index contributed by atoms with van der Waals surface area (Å²) in [7, 11) is 0. The summed E-state index contributed by atoms with van der Waals surface area (Å²) in [6, 6.07) is 7.13. The van der Waals surface area contributed by atoms with E-state index in [-0.39, 0.29) is 34.9 Å². The molecule has 2 N–H and O–H groups in total. The summed E-state index contributed by atoms with van der Waals surface area (Å²) in [5, 5.41) is 3.54. The number of H-pyrrole nitrogens is 1. The van der Waals surface area contributed by atoms with Crippen LogP contribution in [0.1, 0.15) is 43.2 Å². The lowest BCUT2D eigenvalue weighted by Crippen LogP contribution is -2.67. The Kier molecular flexibility index (Phi) is 3.64. The predicted octanol–water partition coefficient (Wildman–Crippen LogP) is 2.00. The van der Waals surface area contributed by atoms with E-state index in [1.165, 1.54) is 6.42 Å². The quantitative estimate of drug-likeness (QED) is 0.899. The van der Waals surface area contributed by atoms with E-state index in [1.807, 2.05) is 6.92 Å². The first kappa shape index (κ1) is 15.3. The van der Waals surface area contributed by atoms with Crippen molar-refractivity contribution < 1.29 is 9.53 Å². The third-order valence-corrected chi connectivity index (χ3v) is 5.57. The zero-order chi connectivity index (χ0) is 16.7. The maximum absolute atomic E-state index is 12.6. The fraction of sp³-hybridized carbons (Fsp3) is 0.500. The lowest BCUT2D eigenvalue weighted by atomic mass is 9.51. The average Bonchev–Trinajstić information content (AvgIpc) is 2.52. The molecule has 0 saturated heterocycles. The van der Waals surface area contributed by atoms with Gasteiger partial charge in [-0.25, -0.2) is 4.98 Å². The number of fused-ring (bicyclic) bond motifs is 1. The van der Waals surface area contributed by atoms with Crippen molar-refractivity contribution in [2.75, 3.05) is 6.61 Å². The number of aromatic nitrogens is 2. The van der Waals surface area contributed by atoms with Crippen LogP contribution in [0.5, 0.6) is 0 Å². The van der Waals surface area contributed by atoms with Crippen molar-refractivity contribution in [3.63, 3.8) is 0 Å². The van der Waals surface area contributed by atoms with Crippen LogP contribution < -0.4 is 10.9 Å². The highest BCUT2D eigenvalue weighted by atomic mass is 16.5. The number of hydrogen-bond acceptors (Lipinski definition) is 4. The second kappa shape index (κ2) is 5.70. The summed E-state index contributed by atoms with van der Waals surface area (Å²) in [4.78, 5) is 31.6. The van der Waals surface area contributed by atoms with E-state index in [2.05, 4.69) is 15.3 Å². The van der Waals surface area contributed by atoms with Gasteiger partial charge in [0.25, 0.3) is 11.5 Å². The Hall–Kier alpha value is -2.21. The van der Waals surface area contributed by atoms with Crippen LogP contribution in [0.2, 0.25) is 0 Å². The number of hydrogen-bond donors (Lipinski definition) is 2. The first-order chi connectivity index (χ1) is 11.6. The van der Waals surface area contributed by atoms with E-state index in [9.17, 15) is 9.59 Å². The number of nitrogens with zero attached hydrogens (tertiary/aromatic N) is 1. The monoisotopic (exact) mass is 327 g/mol. The summed E-state index contributed by atoms with van der Waals surface area (Å²) in [6.07, 6.45) is 4.43. The Morgan fingerprint density at radius 3 is 2.92 bits per heavy atom. The molecule has 6 nitrogen and oxygen atoms in total. The van der Waals surface area contributed by atoms with Crippen LogP contribution in [0.3, 0.4) is 0 Å². The van der Waals surface area contributed by atoms with Crippen molar-refractivity contribution >= 4 is 16.8 Å². The number of nitrogens with one attached hydrogen (secondary N) is 2. The minimum Gasteiger partial charge on any atom is -0.378 e. The summed E-state index contributed by atoms with van der Waals surface area (Å²) in [6.45, 7) is 2.70. The molecule has 4 rings (SSSR count). The van der Waals surface area contributed by atoms with E-state index in [0.717, 1.165) is 19.3 Å². The minimum atomic E-state index is -0.316. The molecular weight excluding hydrogens is 306 g/mol. The first-order valence-electron chi connectivity index (χ1n) is 8.55. The first-order valence-corrected chi connectivity index (χ1v) is 8.55. The molecule has 1 aromatic heterocycles. The number of aromatic amines is 1. The number of para-hydroxylation sites is 1. The largest absolute Gasteiger partial charge is 0.378 e. The molecule has 2 aromatic rings. The van der Waals surface area contributed by atoms with Crippen LogP contribution in [-0.2, 0) is 4.74 Å². The molecule has 2 saturated carbocycles. The van der Waals surface area contributed by atoms with E-state index in [0.29, 0.717) is 17.5 Å². The van der Waals surface area contributed by atoms with Crippen LogP contribution in [0.15, 0.2) is 29.1 Å². The van der Waals surface area contributed by atoms with Gasteiger partial charge in [-0.3, -0.25) is 9.59 Å². The molecule has 0 aliphatic heterocycles. The number of rotatable bonds is 4. The topological polar surface area (TPSA) is 84.1 Å². The highest BCUT2D eigenvalue weighted by molar-refractivity contribution is 5.92. The average molecular weight is 327 g/mol. The molecule has 126 valence electrons. The van der Waals surface area contributed by atoms with Gasteiger partial charge in [-0.05, 0) is 38.3 Å².